The molecule has 0 bridgehead atoms. The van der Waals surface area contributed by atoms with Crippen molar-refractivity contribution in [3.63, 3.8) is 0 Å². The molecule has 2 aromatic rings. The van der Waals surface area contributed by atoms with Crippen LogP contribution < -0.4 is 10.5 Å². The summed E-state index contributed by atoms with van der Waals surface area (Å²) in [5.74, 6) is 5.79. The fourth-order valence-electron chi connectivity index (χ4n) is 1.64. The molecule has 1 heterocycles. The van der Waals surface area contributed by atoms with Gasteiger partial charge in [0.25, 0.3) is 10.0 Å². The number of aryl methyl sites for hydroxylation is 1. The molecule has 0 unspecified atom stereocenters. The van der Waals surface area contributed by atoms with E-state index in [0.717, 1.165) is 11.1 Å². The molecule has 0 spiro atoms. The molecular formula is C14H14N4O2S. The summed E-state index contributed by atoms with van der Waals surface area (Å²) in [5.41, 5.74) is 6.83. The number of sulfonamides is 1. The van der Waals surface area contributed by atoms with Crippen molar-refractivity contribution in [1.29, 1.82) is 0 Å². The van der Waals surface area contributed by atoms with Crippen LogP contribution in [0.15, 0.2) is 41.7 Å². The Morgan fingerprint density at radius 3 is 2.76 bits per heavy atom. The molecule has 0 saturated heterocycles. The van der Waals surface area contributed by atoms with Crippen LogP contribution in [0.1, 0.15) is 11.1 Å². The molecule has 0 aliphatic rings. The standard InChI is InChI=1S/C14H14N4O2S/c1-11-9-13(5-4-12(11)3-2-6-15)21(19,20)18-14-10-16-7-8-17-14/h4-5,7-10H,6,15H2,1H3,(H,17,18). The summed E-state index contributed by atoms with van der Waals surface area (Å²) in [7, 11) is -3.70. The zero-order valence-electron chi connectivity index (χ0n) is 11.4. The molecule has 0 atom stereocenters. The van der Waals surface area contributed by atoms with Gasteiger partial charge in [0.1, 0.15) is 0 Å². The molecule has 0 amide bonds. The van der Waals surface area contributed by atoms with Gasteiger partial charge >= 0.3 is 0 Å². The highest BCUT2D eigenvalue weighted by molar-refractivity contribution is 7.92. The number of anilines is 1. The minimum atomic E-state index is -3.70. The van der Waals surface area contributed by atoms with Crippen LogP contribution in [0.5, 0.6) is 0 Å². The number of hydrogen-bond donors (Lipinski definition) is 2. The van der Waals surface area contributed by atoms with Crippen molar-refractivity contribution in [1.82, 2.24) is 9.97 Å². The fraction of sp³-hybridized carbons (Fsp3) is 0.143. The van der Waals surface area contributed by atoms with E-state index >= 15 is 0 Å². The maximum atomic E-state index is 12.2. The minimum absolute atomic E-state index is 0.143. The third-order valence-corrected chi connectivity index (χ3v) is 3.99. The highest BCUT2D eigenvalue weighted by Crippen LogP contribution is 2.17. The van der Waals surface area contributed by atoms with E-state index in [0.29, 0.717) is 0 Å². The van der Waals surface area contributed by atoms with E-state index in [1.807, 2.05) is 0 Å². The molecular weight excluding hydrogens is 288 g/mol. The first-order chi connectivity index (χ1) is 10.0. The Hall–Kier alpha value is -2.43. The largest absolute Gasteiger partial charge is 0.320 e. The number of nitrogens with two attached hydrogens (primary N) is 1. The van der Waals surface area contributed by atoms with Crippen molar-refractivity contribution in [2.24, 2.45) is 5.73 Å². The van der Waals surface area contributed by atoms with Gasteiger partial charge in [-0.05, 0) is 30.7 Å². The SMILES string of the molecule is Cc1cc(S(=O)(=O)Nc2cnccn2)ccc1C#CCN. The van der Waals surface area contributed by atoms with Crippen LogP contribution in [0, 0.1) is 18.8 Å². The molecule has 1 aromatic heterocycles. The van der Waals surface area contributed by atoms with Gasteiger partial charge in [0, 0.05) is 18.0 Å². The van der Waals surface area contributed by atoms with Gasteiger partial charge in [0.05, 0.1) is 17.6 Å². The van der Waals surface area contributed by atoms with Crippen molar-refractivity contribution in [3.05, 3.63) is 47.9 Å². The van der Waals surface area contributed by atoms with E-state index < -0.39 is 10.0 Å². The number of aromatic nitrogens is 2. The van der Waals surface area contributed by atoms with Gasteiger partial charge in [-0.3, -0.25) is 9.71 Å². The van der Waals surface area contributed by atoms with Crippen LogP contribution in [-0.4, -0.2) is 24.9 Å². The maximum Gasteiger partial charge on any atom is 0.263 e. The Balaban J connectivity index is 2.31. The number of nitrogens with zero attached hydrogens (tertiary/aromatic N) is 2. The Morgan fingerprint density at radius 1 is 1.33 bits per heavy atom. The molecule has 108 valence electrons. The molecule has 0 radical (unpaired) electrons. The van der Waals surface area contributed by atoms with Crippen molar-refractivity contribution in [2.45, 2.75) is 11.8 Å². The number of nitrogens with one attached hydrogen (secondary N) is 1. The van der Waals surface area contributed by atoms with Crippen molar-refractivity contribution in [2.75, 3.05) is 11.3 Å². The number of rotatable bonds is 3. The molecule has 6 nitrogen and oxygen atoms in total. The van der Waals surface area contributed by atoms with E-state index in [-0.39, 0.29) is 17.3 Å². The van der Waals surface area contributed by atoms with Gasteiger partial charge in [0.15, 0.2) is 5.82 Å². The monoisotopic (exact) mass is 302 g/mol. The van der Waals surface area contributed by atoms with Crippen LogP contribution in [0.25, 0.3) is 0 Å². The topological polar surface area (TPSA) is 98.0 Å². The zero-order chi connectivity index (χ0) is 15.3. The van der Waals surface area contributed by atoms with Crippen LogP contribution in [0.3, 0.4) is 0 Å². The fourth-order valence-corrected chi connectivity index (χ4v) is 2.72. The Morgan fingerprint density at radius 2 is 2.14 bits per heavy atom. The Labute approximate surface area is 123 Å². The second kappa shape index (κ2) is 6.35. The van der Waals surface area contributed by atoms with Crippen LogP contribution in [-0.2, 0) is 10.0 Å². The number of hydrogen-bond acceptors (Lipinski definition) is 5. The molecule has 2 rings (SSSR count). The van der Waals surface area contributed by atoms with Crippen LogP contribution >= 0.6 is 0 Å². The predicted molar refractivity (Wildman–Crippen MR) is 80.0 cm³/mol. The first kappa shape index (κ1) is 15.0. The summed E-state index contributed by atoms with van der Waals surface area (Å²) in [4.78, 5) is 7.83. The van der Waals surface area contributed by atoms with Crippen molar-refractivity contribution in [3.8, 4) is 11.8 Å². The average molecular weight is 302 g/mol. The zero-order valence-corrected chi connectivity index (χ0v) is 12.2. The van der Waals surface area contributed by atoms with Crippen molar-refractivity contribution >= 4 is 15.8 Å². The van der Waals surface area contributed by atoms with E-state index in [4.69, 9.17) is 5.73 Å². The van der Waals surface area contributed by atoms with Gasteiger partial charge < -0.3 is 5.73 Å². The lowest BCUT2D eigenvalue weighted by atomic mass is 10.1. The van der Waals surface area contributed by atoms with E-state index in [1.54, 1.807) is 19.1 Å². The summed E-state index contributed by atoms with van der Waals surface area (Å²) in [6.07, 6.45) is 4.22. The van der Waals surface area contributed by atoms with Gasteiger partial charge in [-0.15, -0.1) is 0 Å². The molecule has 0 saturated carbocycles. The van der Waals surface area contributed by atoms with E-state index in [9.17, 15) is 8.42 Å². The normalized spacial score (nSPS) is 10.6. The lowest BCUT2D eigenvalue weighted by molar-refractivity contribution is 0.601. The smallest absolute Gasteiger partial charge is 0.263 e. The van der Waals surface area contributed by atoms with E-state index in [1.165, 1.54) is 24.7 Å². The second-order valence-electron chi connectivity index (χ2n) is 4.18. The first-order valence-corrected chi connectivity index (χ1v) is 7.59. The quantitative estimate of drug-likeness (QED) is 0.821. The third-order valence-electron chi connectivity index (χ3n) is 2.64. The average Bonchev–Trinajstić information content (AvgIpc) is 2.46. The molecule has 0 aliphatic carbocycles. The summed E-state index contributed by atoms with van der Waals surface area (Å²) >= 11 is 0. The lowest BCUT2D eigenvalue weighted by Crippen LogP contribution is -2.14. The van der Waals surface area contributed by atoms with Crippen molar-refractivity contribution < 1.29 is 8.42 Å². The van der Waals surface area contributed by atoms with E-state index in [2.05, 4.69) is 26.5 Å². The first-order valence-electron chi connectivity index (χ1n) is 6.11. The molecule has 1 aromatic carbocycles. The Bertz CT molecular complexity index is 793. The highest BCUT2D eigenvalue weighted by atomic mass is 32.2. The number of benzene rings is 1. The molecule has 7 heteroatoms. The summed E-state index contributed by atoms with van der Waals surface area (Å²) in [6, 6.07) is 4.70. The summed E-state index contributed by atoms with van der Waals surface area (Å²) < 4.78 is 26.9. The predicted octanol–water partition coefficient (Wildman–Crippen LogP) is 0.896. The molecule has 3 N–H and O–H groups in total. The van der Waals surface area contributed by atoms with Gasteiger partial charge in [-0.2, -0.15) is 0 Å². The van der Waals surface area contributed by atoms with Crippen LogP contribution in [0.2, 0.25) is 0 Å². The molecule has 21 heavy (non-hydrogen) atoms. The molecule has 0 aliphatic heterocycles. The summed E-state index contributed by atoms with van der Waals surface area (Å²) in [6.45, 7) is 2.05. The molecule has 0 fully saturated rings. The van der Waals surface area contributed by atoms with Gasteiger partial charge in [-0.1, -0.05) is 11.8 Å². The minimum Gasteiger partial charge on any atom is -0.320 e. The summed E-state index contributed by atoms with van der Waals surface area (Å²) in [5, 5.41) is 0. The second-order valence-corrected chi connectivity index (χ2v) is 5.86. The lowest BCUT2D eigenvalue weighted by Gasteiger charge is -2.08. The van der Waals surface area contributed by atoms with Gasteiger partial charge in [0.2, 0.25) is 0 Å². The Kier molecular flexibility index (Phi) is 4.52. The third kappa shape index (κ3) is 3.78. The van der Waals surface area contributed by atoms with Gasteiger partial charge in [-0.25, -0.2) is 13.4 Å². The maximum absolute atomic E-state index is 12.2. The van der Waals surface area contributed by atoms with Crippen LogP contribution in [0.4, 0.5) is 5.82 Å². The highest BCUT2D eigenvalue weighted by Gasteiger charge is 2.15.